The fourth-order valence-electron chi connectivity index (χ4n) is 3.68. The van der Waals surface area contributed by atoms with E-state index >= 15 is 0 Å². The molecule has 0 fully saturated rings. The van der Waals surface area contributed by atoms with E-state index in [1.807, 2.05) is 6.08 Å². The molecule has 0 heterocycles. The second kappa shape index (κ2) is 13.6. The SMILES string of the molecule is C=CC[C@@H](C[C@H](C[C@@H](CCCCCC)O[Si](C)(C)C)O[Si](C)(C)C)O[Si](C)(C)C. The highest BCUT2D eigenvalue weighted by atomic mass is 28.4. The molecule has 0 unspecified atom stereocenters. The molecule has 3 nitrogen and oxygen atoms in total. The van der Waals surface area contributed by atoms with Gasteiger partial charge in [0.05, 0.1) is 6.10 Å². The Hall–Kier alpha value is 0.271. The van der Waals surface area contributed by atoms with Crippen molar-refractivity contribution in [3.63, 3.8) is 0 Å². The average Bonchev–Trinajstić information content (AvgIpc) is 2.46. The first kappa shape index (κ1) is 29.3. The number of rotatable bonds is 17. The molecule has 0 amide bonds. The van der Waals surface area contributed by atoms with Crippen molar-refractivity contribution >= 4 is 25.0 Å². The molecule has 0 bridgehead atoms. The minimum Gasteiger partial charge on any atom is -0.415 e. The summed E-state index contributed by atoms with van der Waals surface area (Å²) in [7, 11) is -4.85. The smallest absolute Gasteiger partial charge is 0.184 e. The van der Waals surface area contributed by atoms with Gasteiger partial charge in [-0.25, -0.2) is 0 Å². The number of hydrogen-bond donors (Lipinski definition) is 0. The third-order valence-corrected chi connectivity index (χ3v) is 7.54. The first-order valence-corrected chi connectivity index (χ1v) is 22.0. The summed E-state index contributed by atoms with van der Waals surface area (Å²) in [6, 6.07) is 0. The molecular weight excluding hydrogens is 409 g/mol. The van der Waals surface area contributed by atoms with Crippen LogP contribution in [0.25, 0.3) is 0 Å². The number of hydrogen-bond acceptors (Lipinski definition) is 3. The van der Waals surface area contributed by atoms with Crippen LogP contribution in [0.4, 0.5) is 0 Å². The lowest BCUT2D eigenvalue weighted by molar-refractivity contribution is 0.0581. The van der Waals surface area contributed by atoms with Crippen LogP contribution in [0.5, 0.6) is 0 Å². The Balaban J connectivity index is 5.29. The highest BCUT2D eigenvalue weighted by Gasteiger charge is 2.30. The van der Waals surface area contributed by atoms with Crippen molar-refractivity contribution in [2.24, 2.45) is 0 Å². The molecule has 0 spiro atoms. The van der Waals surface area contributed by atoms with Gasteiger partial charge >= 0.3 is 0 Å². The van der Waals surface area contributed by atoms with Gasteiger partial charge in [0.1, 0.15) is 0 Å². The summed E-state index contributed by atoms with van der Waals surface area (Å²) in [6.45, 7) is 26.8. The summed E-state index contributed by atoms with van der Waals surface area (Å²) in [4.78, 5) is 0. The minimum absolute atomic E-state index is 0.202. The van der Waals surface area contributed by atoms with Gasteiger partial charge < -0.3 is 13.3 Å². The highest BCUT2D eigenvalue weighted by Crippen LogP contribution is 2.26. The molecule has 174 valence electrons. The maximum atomic E-state index is 6.68. The zero-order valence-electron chi connectivity index (χ0n) is 21.4. The molecule has 29 heavy (non-hydrogen) atoms. The lowest BCUT2D eigenvalue weighted by Gasteiger charge is -2.35. The van der Waals surface area contributed by atoms with Crippen LogP contribution >= 0.6 is 0 Å². The molecule has 0 saturated heterocycles. The Morgan fingerprint density at radius 2 is 1.10 bits per heavy atom. The van der Waals surface area contributed by atoms with E-state index in [-0.39, 0.29) is 12.2 Å². The van der Waals surface area contributed by atoms with E-state index in [0.29, 0.717) is 6.10 Å². The third kappa shape index (κ3) is 18.7. The third-order valence-electron chi connectivity index (χ3n) is 4.42. The zero-order valence-corrected chi connectivity index (χ0v) is 24.4. The first-order chi connectivity index (χ1) is 13.1. The van der Waals surface area contributed by atoms with Gasteiger partial charge in [0.25, 0.3) is 0 Å². The van der Waals surface area contributed by atoms with Gasteiger partial charge in [0, 0.05) is 12.2 Å². The molecule has 6 heteroatoms. The van der Waals surface area contributed by atoms with Gasteiger partial charge in [0.15, 0.2) is 25.0 Å². The van der Waals surface area contributed by atoms with E-state index in [9.17, 15) is 0 Å². The van der Waals surface area contributed by atoms with Crippen molar-refractivity contribution < 1.29 is 13.3 Å². The van der Waals surface area contributed by atoms with Crippen molar-refractivity contribution in [2.45, 2.75) is 136 Å². The monoisotopic (exact) mass is 460 g/mol. The molecule has 0 radical (unpaired) electrons. The van der Waals surface area contributed by atoms with Gasteiger partial charge in [-0.3, -0.25) is 0 Å². The Morgan fingerprint density at radius 3 is 1.55 bits per heavy atom. The largest absolute Gasteiger partial charge is 0.415 e. The highest BCUT2D eigenvalue weighted by molar-refractivity contribution is 6.70. The topological polar surface area (TPSA) is 27.7 Å². The van der Waals surface area contributed by atoms with Gasteiger partial charge in [-0.1, -0.05) is 38.7 Å². The van der Waals surface area contributed by atoms with Gasteiger partial charge in [-0.15, -0.1) is 6.58 Å². The molecule has 0 aromatic rings. The second-order valence-corrected chi connectivity index (χ2v) is 24.8. The maximum Gasteiger partial charge on any atom is 0.184 e. The fraction of sp³-hybridized carbons (Fsp3) is 0.913. The molecule has 0 aliphatic carbocycles. The van der Waals surface area contributed by atoms with Crippen LogP contribution in [0.15, 0.2) is 12.7 Å². The molecule has 3 atom stereocenters. The Kier molecular flexibility index (Phi) is 13.8. The van der Waals surface area contributed by atoms with Gasteiger partial charge in [-0.2, -0.15) is 0 Å². The second-order valence-electron chi connectivity index (χ2n) is 11.4. The van der Waals surface area contributed by atoms with Gasteiger partial charge in [-0.05, 0) is 84.6 Å². The average molecular weight is 461 g/mol. The van der Waals surface area contributed by atoms with E-state index in [0.717, 1.165) is 25.7 Å². The Labute approximate surface area is 186 Å². The van der Waals surface area contributed by atoms with Crippen molar-refractivity contribution in [1.29, 1.82) is 0 Å². The lowest BCUT2D eigenvalue weighted by Crippen LogP contribution is -2.41. The maximum absolute atomic E-state index is 6.68. The summed E-state index contributed by atoms with van der Waals surface area (Å²) >= 11 is 0. The minimum atomic E-state index is -1.65. The molecule has 0 rings (SSSR count). The molecular formula is C23H52O3Si3. The van der Waals surface area contributed by atoms with E-state index < -0.39 is 25.0 Å². The molecule has 0 aliphatic rings. The normalized spacial score (nSPS) is 16.5. The Bertz CT molecular complexity index is 436. The summed E-state index contributed by atoms with van der Waals surface area (Å²) in [5.74, 6) is 0. The predicted octanol–water partition coefficient (Wildman–Crippen LogP) is 7.97. The Morgan fingerprint density at radius 1 is 0.655 bits per heavy atom. The van der Waals surface area contributed by atoms with Crippen LogP contribution < -0.4 is 0 Å². The standard InChI is InChI=1S/C23H52O3Si3/c1-12-14-15-16-18-22(25-28(6,7)8)20-23(26-29(9,10)11)19-21(17-13-2)24-27(3,4)5/h13,21-23H,2,12,14-20H2,1,3-11H3/t21-,22+,23+/m0/s1. The van der Waals surface area contributed by atoms with Crippen molar-refractivity contribution in [3.8, 4) is 0 Å². The summed E-state index contributed by atoms with van der Waals surface area (Å²) < 4.78 is 19.8. The van der Waals surface area contributed by atoms with Crippen LogP contribution in [0.2, 0.25) is 58.9 Å². The van der Waals surface area contributed by atoms with Crippen LogP contribution in [0.1, 0.15) is 58.3 Å². The molecule has 0 N–H and O–H groups in total. The van der Waals surface area contributed by atoms with E-state index in [4.69, 9.17) is 13.3 Å². The summed E-state index contributed by atoms with van der Waals surface area (Å²) in [5, 5.41) is 0. The van der Waals surface area contributed by atoms with E-state index in [1.165, 1.54) is 25.7 Å². The zero-order chi connectivity index (χ0) is 22.7. The van der Waals surface area contributed by atoms with Crippen molar-refractivity contribution in [3.05, 3.63) is 12.7 Å². The quantitative estimate of drug-likeness (QED) is 0.125. The summed E-state index contributed by atoms with van der Waals surface area (Å²) in [6.07, 6.45) is 11.8. The van der Waals surface area contributed by atoms with E-state index in [2.05, 4.69) is 72.4 Å². The van der Waals surface area contributed by atoms with E-state index in [1.54, 1.807) is 0 Å². The van der Waals surface area contributed by atoms with Crippen LogP contribution in [-0.4, -0.2) is 43.3 Å². The molecule has 0 aromatic heterocycles. The fourth-order valence-corrected chi connectivity index (χ4v) is 7.28. The van der Waals surface area contributed by atoms with Gasteiger partial charge in [0.2, 0.25) is 0 Å². The molecule has 0 saturated carbocycles. The van der Waals surface area contributed by atoms with Crippen LogP contribution in [0, 0.1) is 0 Å². The number of unbranched alkanes of at least 4 members (excludes halogenated alkanes) is 3. The van der Waals surface area contributed by atoms with Crippen LogP contribution in [-0.2, 0) is 13.3 Å². The first-order valence-electron chi connectivity index (χ1n) is 11.8. The molecule has 0 aromatic carbocycles. The molecule has 0 aliphatic heterocycles. The predicted molar refractivity (Wildman–Crippen MR) is 137 cm³/mol. The summed E-state index contributed by atoms with van der Waals surface area (Å²) in [5.41, 5.74) is 0. The van der Waals surface area contributed by atoms with Crippen molar-refractivity contribution in [2.75, 3.05) is 0 Å². The van der Waals surface area contributed by atoms with Crippen LogP contribution in [0.3, 0.4) is 0 Å². The lowest BCUT2D eigenvalue weighted by atomic mass is 10.00. The van der Waals surface area contributed by atoms with Crippen molar-refractivity contribution in [1.82, 2.24) is 0 Å².